The number of carbonyl (C=O) groups is 1. The summed E-state index contributed by atoms with van der Waals surface area (Å²) in [5.41, 5.74) is 5.47. The second kappa shape index (κ2) is 8.58. The molecule has 0 spiro atoms. The largest absolute Gasteiger partial charge is 0.494 e. The lowest BCUT2D eigenvalue weighted by Crippen LogP contribution is -2.25. The van der Waals surface area contributed by atoms with E-state index < -0.39 is 0 Å². The van der Waals surface area contributed by atoms with Crippen LogP contribution >= 0.6 is 0 Å². The maximum absolute atomic E-state index is 11.7. The summed E-state index contributed by atoms with van der Waals surface area (Å²) in [4.78, 5) is 11.7. The standard InChI is InChI=1S/C18H21N3O2/c1-3-23-17-10-8-16(9-11-17)19-13-18(22)21-20-12-15-6-4-14(2)5-7-15/h4-12,19H,3,13H2,1-2H3,(H,21,22)/b20-12-. The average Bonchev–Trinajstić information content (AvgIpc) is 2.56. The van der Waals surface area contributed by atoms with Crippen LogP contribution in [0.25, 0.3) is 0 Å². The molecule has 0 saturated heterocycles. The van der Waals surface area contributed by atoms with Gasteiger partial charge in [-0.3, -0.25) is 4.79 Å². The van der Waals surface area contributed by atoms with Gasteiger partial charge in [-0.15, -0.1) is 0 Å². The fourth-order valence-corrected chi connectivity index (χ4v) is 1.89. The van der Waals surface area contributed by atoms with E-state index in [9.17, 15) is 4.79 Å². The molecule has 5 nitrogen and oxygen atoms in total. The van der Waals surface area contributed by atoms with Crippen LogP contribution < -0.4 is 15.5 Å². The van der Waals surface area contributed by atoms with Gasteiger partial charge in [0, 0.05) is 5.69 Å². The van der Waals surface area contributed by atoms with Crippen molar-refractivity contribution in [1.82, 2.24) is 5.43 Å². The van der Waals surface area contributed by atoms with Gasteiger partial charge in [0.05, 0.1) is 19.4 Å². The number of nitrogens with one attached hydrogen (secondary N) is 2. The highest BCUT2D eigenvalue weighted by atomic mass is 16.5. The molecule has 0 atom stereocenters. The van der Waals surface area contributed by atoms with Gasteiger partial charge in [0.25, 0.3) is 5.91 Å². The molecular weight excluding hydrogens is 290 g/mol. The summed E-state index contributed by atoms with van der Waals surface area (Å²) in [6, 6.07) is 15.3. The van der Waals surface area contributed by atoms with Gasteiger partial charge >= 0.3 is 0 Å². The monoisotopic (exact) mass is 311 g/mol. The van der Waals surface area contributed by atoms with Crippen LogP contribution in [0, 0.1) is 6.92 Å². The molecule has 0 aliphatic rings. The molecule has 0 fully saturated rings. The Balaban J connectivity index is 1.75. The SMILES string of the molecule is CCOc1ccc(NCC(=O)N/N=C\c2ccc(C)cc2)cc1. The van der Waals surface area contributed by atoms with Gasteiger partial charge < -0.3 is 10.1 Å². The number of benzene rings is 2. The van der Waals surface area contributed by atoms with E-state index >= 15 is 0 Å². The molecule has 0 aromatic heterocycles. The van der Waals surface area contributed by atoms with Gasteiger partial charge in [-0.1, -0.05) is 29.8 Å². The minimum Gasteiger partial charge on any atom is -0.494 e. The van der Waals surface area contributed by atoms with E-state index in [1.807, 2.05) is 62.4 Å². The Bertz CT molecular complexity index is 649. The smallest absolute Gasteiger partial charge is 0.259 e. The third-order valence-electron chi connectivity index (χ3n) is 3.10. The van der Waals surface area contributed by atoms with Crippen molar-refractivity contribution in [1.29, 1.82) is 0 Å². The highest BCUT2D eigenvalue weighted by molar-refractivity contribution is 5.84. The van der Waals surface area contributed by atoms with Crippen molar-refractivity contribution < 1.29 is 9.53 Å². The van der Waals surface area contributed by atoms with Gasteiger partial charge in [-0.25, -0.2) is 5.43 Å². The zero-order valence-corrected chi connectivity index (χ0v) is 13.4. The second-order valence-corrected chi connectivity index (χ2v) is 5.01. The van der Waals surface area contributed by atoms with Crippen LogP contribution in [-0.4, -0.2) is 25.3 Å². The lowest BCUT2D eigenvalue weighted by molar-refractivity contribution is -0.119. The van der Waals surface area contributed by atoms with Crippen LogP contribution in [0.2, 0.25) is 0 Å². The van der Waals surface area contributed by atoms with Crippen molar-refractivity contribution in [3.8, 4) is 5.75 Å². The Hall–Kier alpha value is -2.82. The molecule has 0 aliphatic heterocycles. The third kappa shape index (κ3) is 5.82. The Morgan fingerprint density at radius 2 is 1.83 bits per heavy atom. The highest BCUT2D eigenvalue weighted by Crippen LogP contribution is 2.15. The first kappa shape index (κ1) is 16.5. The van der Waals surface area contributed by atoms with E-state index in [-0.39, 0.29) is 12.5 Å². The maximum Gasteiger partial charge on any atom is 0.259 e. The molecule has 0 radical (unpaired) electrons. The average molecular weight is 311 g/mol. The predicted octanol–water partition coefficient (Wildman–Crippen LogP) is 2.96. The molecule has 2 aromatic carbocycles. The summed E-state index contributed by atoms with van der Waals surface area (Å²) in [5.74, 6) is 0.604. The topological polar surface area (TPSA) is 62.7 Å². The van der Waals surface area contributed by atoms with E-state index in [0.717, 1.165) is 17.0 Å². The summed E-state index contributed by atoms with van der Waals surface area (Å²) in [5, 5.41) is 6.97. The molecular formula is C18H21N3O2. The molecule has 0 saturated carbocycles. The van der Waals surface area contributed by atoms with Gasteiger partial charge in [0.2, 0.25) is 0 Å². The molecule has 2 N–H and O–H groups in total. The van der Waals surface area contributed by atoms with Crippen molar-refractivity contribution in [2.45, 2.75) is 13.8 Å². The molecule has 120 valence electrons. The molecule has 0 unspecified atom stereocenters. The van der Waals surface area contributed by atoms with Crippen LogP contribution in [0.3, 0.4) is 0 Å². The number of anilines is 1. The molecule has 23 heavy (non-hydrogen) atoms. The zero-order valence-electron chi connectivity index (χ0n) is 13.4. The Morgan fingerprint density at radius 3 is 2.48 bits per heavy atom. The minimum absolute atomic E-state index is 0.152. The van der Waals surface area contributed by atoms with Crippen molar-refractivity contribution in [2.75, 3.05) is 18.5 Å². The summed E-state index contributed by atoms with van der Waals surface area (Å²) < 4.78 is 5.36. The van der Waals surface area contributed by atoms with E-state index in [0.29, 0.717) is 6.61 Å². The number of hydrogen-bond acceptors (Lipinski definition) is 4. The molecule has 0 bridgehead atoms. The van der Waals surface area contributed by atoms with Crippen LogP contribution in [0.15, 0.2) is 53.6 Å². The van der Waals surface area contributed by atoms with Gasteiger partial charge in [-0.2, -0.15) is 5.10 Å². The van der Waals surface area contributed by atoms with Gasteiger partial charge in [0.15, 0.2) is 0 Å². The van der Waals surface area contributed by atoms with Crippen LogP contribution in [0.4, 0.5) is 5.69 Å². The number of aryl methyl sites for hydroxylation is 1. The fraction of sp³-hybridized carbons (Fsp3) is 0.222. The quantitative estimate of drug-likeness (QED) is 0.610. The number of ether oxygens (including phenoxy) is 1. The maximum atomic E-state index is 11.7. The summed E-state index contributed by atoms with van der Waals surface area (Å²) in [6.07, 6.45) is 1.62. The summed E-state index contributed by atoms with van der Waals surface area (Å²) >= 11 is 0. The van der Waals surface area contributed by atoms with Crippen LogP contribution in [0.1, 0.15) is 18.1 Å². The summed E-state index contributed by atoms with van der Waals surface area (Å²) in [7, 11) is 0. The Labute approximate surface area is 136 Å². The first-order valence-electron chi connectivity index (χ1n) is 7.52. The molecule has 2 aromatic rings. The normalized spacial score (nSPS) is 10.5. The molecule has 0 aliphatic carbocycles. The first-order valence-corrected chi connectivity index (χ1v) is 7.52. The Kier molecular flexibility index (Phi) is 6.17. The number of amides is 1. The minimum atomic E-state index is -0.206. The molecule has 5 heteroatoms. The predicted molar refractivity (Wildman–Crippen MR) is 93.0 cm³/mol. The van der Waals surface area contributed by atoms with Crippen molar-refractivity contribution in [3.05, 3.63) is 59.7 Å². The second-order valence-electron chi connectivity index (χ2n) is 5.01. The number of nitrogens with zero attached hydrogens (tertiary/aromatic N) is 1. The highest BCUT2D eigenvalue weighted by Gasteiger charge is 2.00. The number of hydrogen-bond donors (Lipinski definition) is 2. The molecule has 2 rings (SSSR count). The number of rotatable bonds is 7. The van der Waals surface area contributed by atoms with Gasteiger partial charge in [0.1, 0.15) is 5.75 Å². The van der Waals surface area contributed by atoms with Crippen LogP contribution in [-0.2, 0) is 4.79 Å². The van der Waals surface area contributed by atoms with E-state index in [1.165, 1.54) is 5.56 Å². The summed E-state index contributed by atoms with van der Waals surface area (Å²) in [6.45, 7) is 4.75. The third-order valence-corrected chi connectivity index (χ3v) is 3.10. The van der Waals surface area contributed by atoms with Crippen molar-refractivity contribution in [2.24, 2.45) is 5.10 Å². The van der Waals surface area contributed by atoms with E-state index in [2.05, 4.69) is 15.8 Å². The molecule has 0 heterocycles. The van der Waals surface area contributed by atoms with E-state index in [4.69, 9.17) is 4.74 Å². The zero-order chi connectivity index (χ0) is 16.5. The van der Waals surface area contributed by atoms with Crippen molar-refractivity contribution in [3.63, 3.8) is 0 Å². The number of hydrazone groups is 1. The van der Waals surface area contributed by atoms with Crippen molar-refractivity contribution >= 4 is 17.8 Å². The lowest BCUT2D eigenvalue weighted by Gasteiger charge is -2.07. The lowest BCUT2D eigenvalue weighted by atomic mass is 10.2. The number of carbonyl (C=O) groups excluding carboxylic acids is 1. The fourth-order valence-electron chi connectivity index (χ4n) is 1.89. The first-order chi connectivity index (χ1) is 11.2. The van der Waals surface area contributed by atoms with E-state index in [1.54, 1.807) is 6.21 Å². The van der Waals surface area contributed by atoms with Gasteiger partial charge in [-0.05, 0) is 43.7 Å². The molecule has 1 amide bonds. The Morgan fingerprint density at radius 1 is 1.13 bits per heavy atom. The van der Waals surface area contributed by atoms with Crippen LogP contribution in [0.5, 0.6) is 5.75 Å².